The summed E-state index contributed by atoms with van der Waals surface area (Å²) in [6.45, 7) is 5.23. The lowest BCUT2D eigenvalue weighted by molar-refractivity contribution is 0.101. The number of Topliss-reactive ketones (excluding diaryl/α,β-unsaturated/α-hetero) is 1. The molecule has 5 rings (SSSR count). The first-order chi connectivity index (χ1) is 16.3. The highest BCUT2D eigenvalue weighted by atomic mass is 16.1. The molecule has 3 aromatic heterocycles. The summed E-state index contributed by atoms with van der Waals surface area (Å²) >= 11 is 0. The van der Waals surface area contributed by atoms with Crippen LogP contribution in [0.1, 0.15) is 41.6 Å². The van der Waals surface area contributed by atoms with Crippen LogP contribution in [0.15, 0.2) is 53.6 Å². The van der Waals surface area contributed by atoms with Gasteiger partial charge in [0.25, 0.3) is 5.56 Å². The minimum absolute atomic E-state index is 0.0834. The maximum atomic E-state index is 13.8. The summed E-state index contributed by atoms with van der Waals surface area (Å²) < 4.78 is 1.53. The Hall–Kier alpha value is -4.60. The molecule has 1 atom stereocenters. The van der Waals surface area contributed by atoms with E-state index >= 15 is 0 Å². The van der Waals surface area contributed by atoms with Crippen LogP contribution in [0.2, 0.25) is 0 Å². The fourth-order valence-corrected chi connectivity index (χ4v) is 4.04. The summed E-state index contributed by atoms with van der Waals surface area (Å²) in [5.41, 5.74) is 9.11. The van der Waals surface area contributed by atoms with Crippen molar-refractivity contribution in [3.63, 3.8) is 0 Å². The number of aromatic amines is 1. The zero-order valence-corrected chi connectivity index (χ0v) is 18.8. The van der Waals surface area contributed by atoms with Gasteiger partial charge in [0.15, 0.2) is 17.2 Å². The predicted molar refractivity (Wildman–Crippen MR) is 130 cm³/mol. The molecule has 0 aliphatic rings. The molecule has 5 aromatic rings. The average Bonchev–Trinajstić information content (AvgIpc) is 3.27. The Balaban J connectivity index is 1.73. The van der Waals surface area contributed by atoms with E-state index in [-0.39, 0.29) is 17.3 Å². The van der Waals surface area contributed by atoms with Crippen LogP contribution < -0.4 is 16.6 Å². The number of carbonyl (C=O) groups excluding carboxylic acids is 1. The fraction of sp³-hybridized carbons (Fsp3) is 0.167. The monoisotopic (exact) mass is 454 g/mol. The van der Waals surface area contributed by atoms with Gasteiger partial charge in [-0.1, -0.05) is 24.3 Å². The van der Waals surface area contributed by atoms with Crippen molar-refractivity contribution in [1.29, 1.82) is 0 Å². The van der Waals surface area contributed by atoms with E-state index in [9.17, 15) is 9.59 Å². The number of nitrogens with one attached hydrogen (secondary N) is 2. The molecule has 0 radical (unpaired) electrons. The second kappa shape index (κ2) is 8.07. The van der Waals surface area contributed by atoms with Crippen molar-refractivity contribution < 1.29 is 4.79 Å². The summed E-state index contributed by atoms with van der Waals surface area (Å²) in [4.78, 5) is 46.3. The fourth-order valence-electron chi connectivity index (χ4n) is 4.04. The largest absolute Gasteiger partial charge is 0.368 e. The van der Waals surface area contributed by atoms with Crippen molar-refractivity contribution in [2.45, 2.75) is 26.8 Å². The molecule has 0 amide bonds. The minimum Gasteiger partial charge on any atom is -0.368 e. The molecular formula is C24H22N8O2. The number of nitrogen functional groups attached to an aromatic ring is 1. The zero-order chi connectivity index (χ0) is 24.0. The van der Waals surface area contributed by atoms with Crippen LogP contribution >= 0.6 is 0 Å². The van der Waals surface area contributed by atoms with E-state index in [1.807, 2.05) is 32.0 Å². The van der Waals surface area contributed by atoms with Gasteiger partial charge >= 0.3 is 0 Å². The number of hydrogen-bond acceptors (Lipinski definition) is 8. The highest BCUT2D eigenvalue weighted by Gasteiger charge is 2.21. The first kappa shape index (κ1) is 21.3. The van der Waals surface area contributed by atoms with Crippen molar-refractivity contribution in [3.05, 3.63) is 76.1 Å². The van der Waals surface area contributed by atoms with E-state index in [1.54, 1.807) is 24.3 Å². The molecule has 0 aliphatic carbocycles. The molecule has 10 nitrogen and oxygen atoms in total. The van der Waals surface area contributed by atoms with Gasteiger partial charge in [-0.3, -0.25) is 14.2 Å². The Morgan fingerprint density at radius 3 is 2.74 bits per heavy atom. The number of ketones is 1. The van der Waals surface area contributed by atoms with Crippen LogP contribution in [-0.4, -0.2) is 35.3 Å². The molecule has 34 heavy (non-hydrogen) atoms. The number of carbonyl (C=O) groups is 1. The summed E-state index contributed by atoms with van der Waals surface area (Å²) in [6, 6.07) is 12.0. The van der Waals surface area contributed by atoms with Crippen LogP contribution in [0.25, 0.3) is 27.8 Å². The molecule has 1 unspecified atom stereocenters. The molecule has 4 N–H and O–H groups in total. The molecule has 0 spiro atoms. The molecule has 3 heterocycles. The number of nitrogens with two attached hydrogens (primary N) is 1. The van der Waals surface area contributed by atoms with Gasteiger partial charge in [0, 0.05) is 5.56 Å². The van der Waals surface area contributed by atoms with E-state index < -0.39 is 6.04 Å². The number of benzene rings is 2. The van der Waals surface area contributed by atoms with Crippen LogP contribution in [0, 0.1) is 6.92 Å². The second-order valence-corrected chi connectivity index (χ2v) is 8.08. The third-order valence-electron chi connectivity index (χ3n) is 5.68. The third-order valence-corrected chi connectivity index (χ3v) is 5.68. The normalized spacial score (nSPS) is 12.2. The third kappa shape index (κ3) is 3.54. The maximum absolute atomic E-state index is 13.8. The van der Waals surface area contributed by atoms with Crippen molar-refractivity contribution in [2.24, 2.45) is 0 Å². The molecule has 10 heteroatoms. The van der Waals surface area contributed by atoms with E-state index in [0.29, 0.717) is 45.0 Å². The molecular weight excluding hydrogens is 432 g/mol. The predicted octanol–water partition coefficient (Wildman–Crippen LogP) is 3.32. The maximum Gasteiger partial charge on any atom is 0.266 e. The van der Waals surface area contributed by atoms with Gasteiger partial charge in [-0.25, -0.2) is 9.97 Å². The van der Waals surface area contributed by atoms with E-state index in [4.69, 9.17) is 10.7 Å². The van der Waals surface area contributed by atoms with Crippen LogP contribution in [0.4, 0.5) is 11.8 Å². The van der Waals surface area contributed by atoms with Gasteiger partial charge in [0.05, 0.1) is 29.0 Å². The Morgan fingerprint density at radius 1 is 1.15 bits per heavy atom. The van der Waals surface area contributed by atoms with Crippen LogP contribution in [-0.2, 0) is 0 Å². The van der Waals surface area contributed by atoms with Gasteiger partial charge in [0.1, 0.15) is 11.3 Å². The Morgan fingerprint density at radius 2 is 1.94 bits per heavy atom. The standard InChI is InChI=1S/C24H22N8O2/c1-12-6-4-9-17-18(12)23(34)32(16-8-5-7-15(10-16)14(3)33)22(29-17)13(2)28-21-19-20(27-11-26-19)30-24(25)31-21/h4-11,13H,1-3H3,(H4,25,26,27,28,30,31). The summed E-state index contributed by atoms with van der Waals surface area (Å²) in [5.74, 6) is 0.855. The summed E-state index contributed by atoms with van der Waals surface area (Å²) in [7, 11) is 0. The second-order valence-electron chi connectivity index (χ2n) is 8.08. The highest BCUT2D eigenvalue weighted by Crippen LogP contribution is 2.25. The summed E-state index contributed by atoms with van der Waals surface area (Å²) in [5, 5.41) is 3.80. The number of fused-ring (bicyclic) bond motifs is 2. The number of anilines is 2. The van der Waals surface area contributed by atoms with E-state index in [0.717, 1.165) is 5.56 Å². The molecule has 0 fully saturated rings. The van der Waals surface area contributed by atoms with Crippen molar-refractivity contribution in [3.8, 4) is 5.69 Å². The van der Waals surface area contributed by atoms with Gasteiger partial charge in [-0.15, -0.1) is 0 Å². The number of hydrogen-bond donors (Lipinski definition) is 3. The molecule has 0 aliphatic heterocycles. The van der Waals surface area contributed by atoms with Crippen molar-refractivity contribution >= 4 is 39.6 Å². The smallest absolute Gasteiger partial charge is 0.266 e. The zero-order valence-electron chi connectivity index (χ0n) is 18.8. The Labute approximate surface area is 193 Å². The molecule has 170 valence electrons. The number of aryl methyl sites for hydroxylation is 1. The van der Waals surface area contributed by atoms with Crippen LogP contribution in [0.5, 0.6) is 0 Å². The lowest BCUT2D eigenvalue weighted by Gasteiger charge is -2.21. The Bertz CT molecular complexity index is 1640. The minimum atomic E-state index is -0.479. The SMILES string of the molecule is CC(=O)c1cccc(-n2c(C(C)Nc3nc(N)nc4[nH]cnc34)nc3cccc(C)c3c2=O)c1. The van der Waals surface area contributed by atoms with E-state index in [2.05, 4.69) is 25.3 Å². The lowest BCUT2D eigenvalue weighted by Crippen LogP contribution is -2.28. The van der Waals surface area contributed by atoms with Gasteiger partial charge in [-0.2, -0.15) is 9.97 Å². The van der Waals surface area contributed by atoms with Crippen LogP contribution in [0.3, 0.4) is 0 Å². The molecule has 0 saturated heterocycles. The molecule has 0 bridgehead atoms. The number of H-pyrrole nitrogens is 1. The first-order valence-electron chi connectivity index (χ1n) is 10.7. The highest BCUT2D eigenvalue weighted by molar-refractivity contribution is 5.94. The van der Waals surface area contributed by atoms with Crippen molar-refractivity contribution in [1.82, 2.24) is 29.5 Å². The number of imidazole rings is 1. The average molecular weight is 454 g/mol. The van der Waals surface area contributed by atoms with Gasteiger partial charge in [0.2, 0.25) is 5.95 Å². The van der Waals surface area contributed by atoms with Crippen molar-refractivity contribution in [2.75, 3.05) is 11.1 Å². The first-order valence-corrected chi connectivity index (χ1v) is 10.7. The lowest BCUT2D eigenvalue weighted by atomic mass is 10.1. The molecule has 2 aromatic carbocycles. The number of nitrogens with zero attached hydrogens (tertiary/aromatic N) is 5. The number of aromatic nitrogens is 6. The van der Waals surface area contributed by atoms with E-state index in [1.165, 1.54) is 17.8 Å². The Kier molecular flexibility index (Phi) is 5.05. The summed E-state index contributed by atoms with van der Waals surface area (Å²) in [6.07, 6.45) is 1.51. The van der Waals surface area contributed by atoms with Gasteiger partial charge in [-0.05, 0) is 44.5 Å². The topological polar surface area (TPSA) is 144 Å². The van der Waals surface area contributed by atoms with Gasteiger partial charge < -0.3 is 16.0 Å². The number of rotatable bonds is 5. The quantitative estimate of drug-likeness (QED) is 0.343. The molecule has 0 saturated carbocycles.